The van der Waals surface area contributed by atoms with Gasteiger partial charge < -0.3 is 15.2 Å². The molecule has 1 aromatic carbocycles. The number of hydrogen-bond donors (Lipinski definition) is 1. The molecule has 7 nitrogen and oxygen atoms in total. The van der Waals surface area contributed by atoms with Crippen LogP contribution in [0.2, 0.25) is 0 Å². The zero-order valence-electron chi connectivity index (χ0n) is 11.4. The number of rotatable bonds is 5. The second-order valence-electron chi connectivity index (χ2n) is 4.15. The van der Waals surface area contributed by atoms with Crippen molar-refractivity contribution < 1.29 is 14.3 Å². The highest BCUT2D eigenvalue weighted by Crippen LogP contribution is 2.23. The van der Waals surface area contributed by atoms with Gasteiger partial charge in [-0.2, -0.15) is 0 Å². The van der Waals surface area contributed by atoms with E-state index in [-0.39, 0.29) is 13.2 Å². The highest BCUT2D eigenvalue weighted by Gasteiger charge is 2.14. The van der Waals surface area contributed by atoms with Crippen LogP contribution >= 0.6 is 0 Å². The van der Waals surface area contributed by atoms with Crippen LogP contribution < -0.4 is 10.5 Å². The van der Waals surface area contributed by atoms with Gasteiger partial charge in [0, 0.05) is 12.7 Å². The quantitative estimate of drug-likeness (QED) is 0.650. The number of benzene rings is 1. The van der Waals surface area contributed by atoms with Gasteiger partial charge >= 0.3 is 5.97 Å². The highest BCUT2D eigenvalue weighted by molar-refractivity contribution is 5.93. The number of carbonyl (C=O) groups is 1. The number of nitrogens with two attached hydrogens (primary N) is 1. The first-order chi connectivity index (χ1) is 9.60. The SMILES string of the molecule is CCOC(=O)c1cc(N)ccc1OCc1cn(C)nn1. The summed E-state index contributed by atoms with van der Waals surface area (Å²) < 4.78 is 12.1. The number of nitrogen functional groups attached to an aromatic ring is 1. The van der Waals surface area contributed by atoms with Crippen LogP contribution in [0.15, 0.2) is 24.4 Å². The molecule has 0 aliphatic carbocycles. The number of carbonyl (C=O) groups excluding carboxylic acids is 1. The fraction of sp³-hybridized carbons (Fsp3) is 0.308. The van der Waals surface area contributed by atoms with E-state index < -0.39 is 5.97 Å². The maximum absolute atomic E-state index is 11.8. The van der Waals surface area contributed by atoms with Crippen LogP contribution in [0.5, 0.6) is 5.75 Å². The average molecular weight is 276 g/mol. The van der Waals surface area contributed by atoms with Crippen molar-refractivity contribution in [3.63, 3.8) is 0 Å². The Bertz CT molecular complexity index is 609. The molecule has 0 aliphatic heterocycles. The maximum Gasteiger partial charge on any atom is 0.341 e. The van der Waals surface area contributed by atoms with Gasteiger partial charge in [-0.25, -0.2) is 4.79 Å². The van der Waals surface area contributed by atoms with Crippen molar-refractivity contribution in [1.82, 2.24) is 15.0 Å². The molecule has 0 bridgehead atoms. The van der Waals surface area contributed by atoms with Crippen molar-refractivity contribution in [3.05, 3.63) is 35.7 Å². The molecule has 7 heteroatoms. The number of anilines is 1. The number of aryl methyl sites for hydroxylation is 1. The zero-order valence-corrected chi connectivity index (χ0v) is 11.4. The van der Waals surface area contributed by atoms with Crippen molar-refractivity contribution in [3.8, 4) is 5.75 Å². The molecule has 0 amide bonds. The Morgan fingerprint density at radius 1 is 1.45 bits per heavy atom. The molecule has 0 saturated carbocycles. The van der Waals surface area contributed by atoms with Gasteiger partial charge in [-0.15, -0.1) is 5.10 Å². The van der Waals surface area contributed by atoms with E-state index in [2.05, 4.69) is 10.3 Å². The van der Waals surface area contributed by atoms with E-state index >= 15 is 0 Å². The van der Waals surface area contributed by atoms with Crippen LogP contribution in [0.25, 0.3) is 0 Å². The zero-order chi connectivity index (χ0) is 14.5. The summed E-state index contributed by atoms with van der Waals surface area (Å²) in [4.78, 5) is 11.8. The van der Waals surface area contributed by atoms with Gasteiger partial charge in [0.25, 0.3) is 0 Å². The number of esters is 1. The van der Waals surface area contributed by atoms with Gasteiger partial charge in [0.2, 0.25) is 0 Å². The Balaban J connectivity index is 2.16. The van der Waals surface area contributed by atoms with Crippen LogP contribution in [0.4, 0.5) is 5.69 Å². The van der Waals surface area contributed by atoms with E-state index in [1.807, 2.05) is 0 Å². The molecule has 1 heterocycles. The molecule has 0 fully saturated rings. The first-order valence-corrected chi connectivity index (χ1v) is 6.14. The van der Waals surface area contributed by atoms with Crippen molar-refractivity contribution in [1.29, 1.82) is 0 Å². The fourth-order valence-corrected chi connectivity index (χ4v) is 1.65. The van der Waals surface area contributed by atoms with Gasteiger partial charge in [-0.3, -0.25) is 4.68 Å². The van der Waals surface area contributed by atoms with Crippen molar-refractivity contribution >= 4 is 11.7 Å². The summed E-state index contributed by atoms with van der Waals surface area (Å²) in [5, 5.41) is 7.71. The minimum atomic E-state index is -0.464. The highest BCUT2D eigenvalue weighted by atomic mass is 16.5. The van der Waals surface area contributed by atoms with E-state index in [1.165, 1.54) is 6.07 Å². The molecular weight excluding hydrogens is 260 g/mol. The molecule has 0 spiro atoms. The molecule has 0 saturated heterocycles. The van der Waals surface area contributed by atoms with Gasteiger partial charge in [0.05, 0.1) is 12.8 Å². The smallest absolute Gasteiger partial charge is 0.341 e. The van der Waals surface area contributed by atoms with E-state index in [4.69, 9.17) is 15.2 Å². The summed E-state index contributed by atoms with van der Waals surface area (Å²) in [5.74, 6) is -0.0581. The van der Waals surface area contributed by atoms with Crippen LogP contribution in [0, 0.1) is 0 Å². The molecule has 0 atom stereocenters. The largest absolute Gasteiger partial charge is 0.486 e. The molecule has 2 aromatic rings. The summed E-state index contributed by atoms with van der Waals surface area (Å²) in [5.41, 5.74) is 7.12. The standard InChI is InChI=1S/C13H16N4O3/c1-3-19-13(18)11-6-9(14)4-5-12(11)20-8-10-7-17(2)16-15-10/h4-7H,3,8,14H2,1-2H3. The summed E-state index contributed by atoms with van der Waals surface area (Å²) in [6.07, 6.45) is 1.74. The average Bonchev–Trinajstić information content (AvgIpc) is 2.83. The molecule has 2 rings (SSSR count). The normalized spacial score (nSPS) is 10.3. The lowest BCUT2D eigenvalue weighted by Gasteiger charge is -2.10. The lowest BCUT2D eigenvalue weighted by molar-refractivity contribution is 0.0521. The Labute approximate surface area is 116 Å². The fourth-order valence-electron chi connectivity index (χ4n) is 1.65. The Hall–Kier alpha value is -2.57. The van der Waals surface area contributed by atoms with Crippen molar-refractivity contribution in [2.45, 2.75) is 13.5 Å². The number of nitrogens with zero attached hydrogens (tertiary/aromatic N) is 3. The van der Waals surface area contributed by atoms with E-state index in [0.29, 0.717) is 22.7 Å². The van der Waals surface area contributed by atoms with E-state index in [1.54, 1.807) is 37.0 Å². The maximum atomic E-state index is 11.8. The molecule has 0 unspecified atom stereocenters. The van der Waals surface area contributed by atoms with E-state index in [0.717, 1.165) is 0 Å². The van der Waals surface area contributed by atoms with Crippen molar-refractivity contribution in [2.24, 2.45) is 7.05 Å². The monoisotopic (exact) mass is 276 g/mol. The molecule has 106 valence electrons. The van der Waals surface area contributed by atoms with Crippen LogP contribution in [0.1, 0.15) is 23.0 Å². The van der Waals surface area contributed by atoms with Crippen LogP contribution in [0.3, 0.4) is 0 Å². The second-order valence-corrected chi connectivity index (χ2v) is 4.15. The molecule has 1 aromatic heterocycles. The summed E-state index contributed by atoms with van der Waals surface area (Å²) in [6.45, 7) is 2.24. The number of aromatic nitrogens is 3. The molecule has 0 aliphatic rings. The Morgan fingerprint density at radius 3 is 2.90 bits per heavy atom. The summed E-state index contributed by atoms with van der Waals surface area (Å²) >= 11 is 0. The Kier molecular flexibility index (Phi) is 4.19. The molecule has 2 N–H and O–H groups in total. The third-order valence-electron chi connectivity index (χ3n) is 2.52. The van der Waals surface area contributed by atoms with Crippen LogP contribution in [-0.4, -0.2) is 27.6 Å². The first kappa shape index (κ1) is 13.9. The lowest BCUT2D eigenvalue weighted by atomic mass is 10.2. The first-order valence-electron chi connectivity index (χ1n) is 6.14. The minimum Gasteiger partial charge on any atom is -0.486 e. The minimum absolute atomic E-state index is 0.212. The summed E-state index contributed by atoms with van der Waals surface area (Å²) in [6, 6.07) is 4.83. The molecule has 20 heavy (non-hydrogen) atoms. The predicted octanol–water partition coefficient (Wildman–Crippen LogP) is 1.15. The third kappa shape index (κ3) is 3.25. The topological polar surface area (TPSA) is 92.3 Å². The van der Waals surface area contributed by atoms with Crippen LogP contribution in [-0.2, 0) is 18.4 Å². The second kappa shape index (κ2) is 6.05. The van der Waals surface area contributed by atoms with Gasteiger partial charge in [-0.05, 0) is 25.1 Å². The number of ether oxygens (including phenoxy) is 2. The summed E-state index contributed by atoms with van der Waals surface area (Å²) in [7, 11) is 1.77. The molecular formula is C13H16N4O3. The third-order valence-corrected chi connectivity index (χ3v) is 2.52. The lowest BCUT2D eigenvalue weighted by Crippen LogP contribution is -2.08. The van der Waals surface area contributed by atoms with Gasteiger partial charge in [0.1, 0.15) is 23.6 Å². The number of hydrogen-bond acceptors (Lipinski definition) is 6. The predicted molar refractivity (Wildman–Crippen MR) is 72.1 cm³/mol. The van der Waals surface area contributed by atoms with Crippen molar-refractivity contribution in [2.75, 3.05) is 12.3 Å². The van der Waals surface area contributed by atoms with E-state index in [9.17, 15) is 4.79 Å². The van der Waals surface area contributed by atoms with Gasteiger partial charge in [-0.1, -0.05) is 5.21 Å². The Morgan fingerprint density at radius 2 is 2.25 bits per heavy atom. The van der Waals surface area contributed by atoms with Gasteiger partial charge in [0.15, 0.2) is 0 Å². The molecule has 0 radical (unpaired) electrons.